The van der Waals surface area contributed by atoms with E-state index in [1.54, 1.807) is 0 Å². The molecular weight excluding hydrogens is 1950 g/mol. The molecule has 4 aromatic rings. The molecule has 8 heterocycles. The smallest absolute Gasteiger partial charge is 0.332 e. The number of hydrogen-bond donors (Lipinski definition) is 22. The first-order valence-electron chi connectivity index (χ1n) is 50.2. The Balaban J connectivity index is 0.625. The number of H-pyrrole nitrogens is 4. The molecule has 24 N–H and O–H groups in total. The maximum atomic E-state index is 14.5. The summed E-state index contributed by atoms with van der Waals surface area (Å²) in [4.78, 5) is 170. The minimum atomic E-state index is -1.85. The molecule has 4 aliphatic heterocycles. The number of aromatic amines is 4. The van der Waals surface area contributed by atoms with Crippen molar-refractivity contribution in [2.24, 2.45) is 35.1 Å². The van der Waals surface area contributed by atoms with Crippen LogP contribution in [0.25, 0.3) is 0 Å². The molecule has 824 valence electrons. The summed E-state index contributed by atoms with van der Waals surface area (Å²) in [5.74, 6) is -9.39. The Morgan fingerprint density at radius 2 is 0.823 bits per heavy atom. The fourth-order valence-corrected chi connectivity index (χ4v) is 20.0. The van der Waals surface area contributed by atoms with Gasteiger partial charge in [0.25, 0.3) is 22.9 Å². The van der Waals surface area contributed by atoms with Crippen LogP contribution in [0.4, 0.5) is 0 Å². The number of carboxylic acids is 2. The van der Waals surface area contributed by atoms with Crippen LogP contribution in [-0.2, 0) is 126 Å². The number of ether oxygens (including phenoxy) is 15. The van der Waals surface area contributed by atoms with E-state index in [1.807, 2.05) is 9.97 Å². The van der Waals surface area contributed by atoms with Crippen LogP contribution < -0.4 is 55.2 Å². The first kappa shape index (κ1) is 116. The van der Waals surface area contributed by atoms with Crippen LogP contribution >= 0.6 is 0 Å². The van der Waals surface area contributed by atoms with Gasteiger partial charge < -0.3 is 175 Å². The number of aliphatic hydroxyl groups excluding tert-OH is 10. The topological polar surface area (TPSA) is 811 Å². The Bertz CT molecular complexity index is 4720. The lowest BCUT2D eigenvalue weighted by Crippen LogP contribution is -2.68. The average Bonchev–Trinajstić information content (AvgIpc) is 0.862. The maximum Gasteiger partial charge on any atom is 0.332 e. The molecule has 147 heavy (non-hydrogen) atoms. The van der Waals surface area contributed by atoms with Crippen molar-refractivity contribution in [1.29, 1.82) is 0 Å². The minimum absolute atomic E-state index is 0.00230. The second-order valence-corrected chi connectivity index (χ2v) is 38.6. The minimum Gasteiger partial charge on any atom is -0.479 e. The lowest BCUT2D eigenvalue weighted by atomic mass is 9.78. The van der Waals surface area contributed by atoms with Crippen molar-refractivity contribution in [3.8, 4) is 0 Å². The van der Waals surface area contributed by atoms with Crippen LogP contribution in [0.15, 0.2) is 43.7 Å². The number of nitrogens with one attached hydrogen (secondary N) is 8. The number of aliphatic hydroxyl groups is 10. The lowest BCUT2D eigenvalue weighted by Gasteiger charge is -2.48. The van der Waals surface area contributed by atoms with Gasteiger partial charge in [0.1, 0.15) is 157 Å². The molecule has 0 aromatic carbocycles. The number of carbonyl (C=O) groups excluding carboxylic acids is 6. The molecule has 30 atom stereocenters. The van der Waals surface area contributed by atoms with Crippen molar-refractivity contribution in [3.63, 3.8) is 0 Å². The van der Waals surface area contributed by atoms with Gasteiger partial charge in [-0.05, 0) is 90.1 Å². The van der Waals surface area contributed by atoms with Crippen LogP contribution in [-0.4, -0.2) is 422 Å². The van der Waals surface area contributed by atoms with Crippen LogP contribution in [0.1, 0.15) is 175 Å². The van der Waals surface area contributed by atoms with Crippen molar-refractivity contribution in [2.75, 3.05) is 92.4 Å². The molecule has 4 aromatic heterocycles. The summed E-state index contributed by atoms with van der Waals surface area (Å²) in [7, 11) is 0. The van der Waals surface area contributed by atoms with Gasteiger partial charge in [0.05, 0.1) is 141 Å². The second kappa shape index (κ2) is 57.3. The normalized spacial score (nSPS) is 31.4. The van der Waals surface area contributed by atoms with Crippen LogP contribution in [0.2, 0.25) is 0 Å². The third-order valence-electron chi connectivity index (χ3n) is 27.7. The van der Waals surface area contributed by atoms with Crippen molar-refractivity contribution in [3.05, 3.63) is 89.0 Å². The lowest BCUT2D eigenvalue weighted by molar-refractivity contribution is -0.306. The largest absolute Gasteiger partial charge is 0.479 e. The van der Waals surface area contributed by atoms with Gasteiger partial charge >= 0.3 is 23.3 Å². The van der Waals surface area contributed by atoms with Crippen molar-refractivity contribution in [2.45, 2.75) is 340 Å². The zero-order valence-electron chi connectivity index (χ0n) is 81.9. The average molecular weight is 2100 g/mol. The van der Waals surface area contributed by atoms with E-state index in [4.69, 9.17) is 82.5 Å². The van der Waals surface area contributed by atoms with Crippen molar-refractivity contribution in [1.82, 2.24) is 71.2 Å². The van der Waals surface area contributed by atoms with Gasteiger partial charge in [0.15, 0.2) is 24.8 Å². The highest BCUT2D eigenvalue weighted by atomic mass is 16.7. The quantitative estimate of drug-likeness (QED) is 0.0183. The maximum absolute atomic E-state index is 14.5. The van der Waals surface area contributed by atoms with E-state index in [9.17, 15) is 119 Å². The second-order valence-electron chi connectivity index (χ2n) is 38.6. The summed E-state index contributed by atoms with van der Waals surface area (Å²) in [6, 6.07) is -4.32. The van der Waals surface area contributed by atoms with E-state index < -0.39 is 292 Å². The van der Waals surface area contributed by atoms with Gasteiger partial charge in [-0.25, -0.2) is 28.5 Å². The van der Waals surface area contributed by atoms with E-state index in [2.05, 4.69) is 51.9 Å². The molecule has 0 bridgehead atoms. The SMILES string of the molecule is CC1O[C@@H](CO[C@@H]2C(NC(=O)c3cc(=O)[nH]c(=O)[nH]3)CC(C(=O)CCCN)C[C@H]2O[C@@H]2O[C@@H](CO)[C@H](O)C(O[C@@H](CC3CCCCC3)C(=O)O)C2NC(=O)Cn2cc(COCCOCCOCCOCCOCc3cn(CC(=O)NC4C(O[C@@H](CC5CCCCC5)C(=O)O)[C@@H](O)[C@H](CO)O[C@H]4O[C@@H]4CC(C(=O)CCCN)CC(NC(=O)c5cc(=O)[nH]c(=O)[nH]5)[C@H]4OC[C@@H]4OC(C)[C@@H](O)C(O)[C@@H]4O)nn3)nn2)[C@@H](O)C(O)[C@@H]1O. The molecule has 12 rings (SSSR count). The molecule has 0 radical (unpaired) electrons. The molecule has 8 aliphatic rings. The predicted octanol–water partition coefficient (Wildman–Crippen LogP) is -7.54. The van der Waals surface area contributed by atoms with Gasteiger partial charge in [-0.1, -0.05) is 74.6 Å². The number of ketones is 2. The number of hydrogen-bond acceptors (Lipinski definition) is 43. The van der Waals surface area contributed by atoms with E-state index in [1.165, 1.54) is 26.2 Å². The van der Waals surface area contributed by atoms with Crippen LogP contribution in [0.3, 0.4) is 0 Å². The highest BCUT2D eigenvalue weighted by Crippen LogP contribution is 2.41. The summed E-state index contributed by atoms with van der Waals surface area (Å²) >= 11 is 0. The third kappa shape index (κ3) is 33.4. The van der Waals surface area contributed by atoms with E-state index in [-0.39, 0.29) is 178 Å². The molecule has 4 saturated carbocycles. The number of aliphatic carboxylic acids is 2. The Kier molecular flexibility index (Phi) is 45.3. The molecule has 55 heteroatoms. The van der Waals surface area contributed by atoms with Crippen LogP contribution in [0.5, 0.6) is 0 Å². The molecule has 4 amide bonds. The first-order valence-corrected chi connectivity index (χ1v) is 50.2. The number of nitrogens with zero attached hydrogens (tertiary/aromatic N) is 6. The Morgan fingerprint density at radius 1 is 0.456 bits per heavy atom. The van der Waals surface area contributed by atoms with Gasteiger partial charge in [-0.15, -0.1) is 10.2 Å². The number of amides is 4. The number of Topliss-reactive ketones (excluding diaryl/α,β-unsaturated/α-hetero) is 2. The number of carboxylic acid groups (broad SMARTS) is 2. The van der Waals surface area contributed by atoms with Crippen LogP contribution in [0, 0.1) is 23.7 Å². The Hall–Kier alpha value is -9.28. The molecule has 55 nitrogen and oxygen atoms in total. The number of rotatable bonds is 56. The molecule has 4 aliphatic carbocycles. The Morgan fingerprint density at radius 3 is 1.17 bits per heavy atom. The van der Waals surface area contributed by atoms with Gasteiger partial charge in [0, 0.05) is 36.8 Å². The zero-order chi connectivity index (χ0) is 106. The standard InChI is InChI=1S/C92H142N16O39/c1-45-73(117)79(123)75(119)65(140-45)43-138-81-53(95-85(125)55-33-67(113)101-91(131)97-55)29-49(57(111)15-9-17-93)31-59(81)144-89-71(83(77(121)63(39-109)146-89)142-61(87(127)128)27-47-11-5-3-6-12-47)99-69(115)37-107-35-51(103-105-107)41-136-25-23-134-21-19-133-20-22-135-24-26-137-42-52-36-108(106-104-52)38-70(116)100-72-84(143-62(88(129)130)28-48-13-7-4-8-14-48)78(122)64(40-110)147-90(72)145-60-32-50(58(112)16-10-18-94)30-54(96-86(126)56-34-68(114)102-92(132)98-56)82(60)139-44-66-76(120)80(124)74(118)46(2)141-66/h33-36,45-50,53-54,59-66,71-84,89-90,109-110,117-124H,3-32,37-44,93-94H2,1-2H3,(H,95,125)(H,96,126)(H,99,115)(H,100,116)(H,127,128)(H,129,130)(H2,97,101,113,131)(H2,98,102,114,132)/t45?,46?,49?,50?,53?,54?,59-,60-,61+,62+,63+,64+,65+,66+,71?,72?,73-,74-,75-,76-,77+,78+,79?,80?,81-,82-,83?,84?,89-,90-/m1/s1. The summed E-state index contributed by atoms with van der Waals surface area (Å²) in [5, 5.41) is 160. The van der Waals surface area contributed by atoms with E-state index >= 15 is 0 Å². The van der Waals surface area contributed by atoms with Gasteiger partial charge in [-0.3, -0.25) is 48.3 Å². The highest BCUT2D eigenvalue weighted by molar-refractivity contribution is 5.93. The summed E-state index contributed by atoms with van der Waals surface area (Å²) in [6.45, 7) is -0.199. The zero-order valence-corrected chi connectivity index (χ0v) is 81.9. The molecule has 8 fully saturated rings. The van der Waals surface area contributed by atoms with Crippen molar-refractivity contribution >= 4 is 47.1 Å². The third-order valence-corrected chi connectivity index (χ3v) is 27.7. The molecule has 4 saturated heterocycles. The predicted molar refractivity (Wildman–Crippen MR) is 498 cm³/mol. The fraction of sp³-hybridized carbons (Fsp3) is 0.783. The van der Waals surface area contributed by atoms with E-state index in [0.29, 0.717) is 25.7 Å². The van der Waals surface area contributed by atoms with E-state index in [0.717, 1.165) is 60.0 Å². The number of aromatic nitrogens is 10. The fourth-order valence-electron chi connectivity index (χ4n) is 20.0. The first-order chi connectivity index (χ1) is 70.6. The Labute approximate surface area is 841 Å². The number of carbonyl (C=O) groups is 8. The highest BCUT2D eigenvalue weighted by Gasteiger charge is 2.56. The van der Waals surface area contributed by atoms with Gasteiger partial charge in [0.2, 0.25) is 11.8 Å². The summed E-state index contributed by atoms with van der Waals surface area (Å²) in [5.41, 5.74) is 7.29. The molecular formula is C92H142N16O39. The summed E-state index contributed by atoms with van der Waals surface area (Å²) < 4.78 is 94.6. The summed E-state index contributed by atoms with van der Waals surface area (Å²) in [6.07, 6.45) is -27.3. The number of nitrogens with two attached hydrogens (primary N) is 2. The monoisotopic (exact) mass is 2090 g/mol. The van der Waals surface area contributed by atoms with Crippen molar-refractivity contribution < 1.29 is 171 Å². The molecule has 0 spiro atoms. The van der Waals surface area contributed by atoms with Gasteiger partial charge in [-0.2, -0.15) is 0 Å². The molecule has 12 unspecified atom stereocenters.